The van der Waals surface area contributed by atoms with E-state index in [-0.39, 0.29) is 11.9 Å². The lowest BCUT2D eigenvalue weighted by Gasteiger charge is -2.13. The topological polar surface area (TPSA) is 25.2 Å². The summed E-state index contributed by atoms with van der Waals surface area (Å²) in [6, 6.07) is 12.5. The van der Waals surface area contributed by atoms with Gasteiger partial charge in [0.25, 0.3) is 0 Å². The van der Waals surface area contributed by atoms with Gasteiger partial charge in [-0.3, -0.25) is 0 Å². The average Bonchev–Trinajstić information content (AvgIpc) is 2.86. The molecular weight excluding hydrogens is 401 g/mol. The molecule has 1 aromatic heterocycles. The van der Waals surface area contributed by atoms with Gasteiger partial charge >= 0.3 is 0 Å². The Bertz CT molecular complexity index is 800. The third-order valence-electron chi connectivity index (χ3n) is 3.22. The van der Waals surface area contributed by atoms with E-state index in [0.29, 0.717) is 5.69 Å². The fraction of sp³-hybridized carbons (Fsp3) is 0.125. The summed E-state index contributed by atoms with van der Waals surface area (Å²) in [5, 5.41) is 4.15. The van der Waals surface area contributed by atoms with Crippen LogP contribution in [-0.2, 0) is 0 Å². The molecule has 0 amide bonds. The van der Waals surface area contributed by atoms with Gasteiger partial charge in [0.05, 0.1) is 11.7 Å². The van der Waals surface area contributed by atoms with Crippen LogP contribution in [-0.4, -0.2) is 0 Å². The molecule has 1 atom stereocenters. The van der Waals surface area contributed by atoms with Crippen LogP contribution in [0.3, 0.4) is 0 Å². The number of hydrogen-bond donors (Lipinski definition) is 1. The SMILES string of the molecule is CC(Nc1cc(Br)ccc1F)c1cc2cc(Br)ccc2o1. The number of benzene rings is 2. The number of hydrogen-bond acceptors (Lipinski definition) is 2. The second kappa shape index (κ2) is 5.81. The molecule has 0 radical (unpaired) electrons. The van der Waals surface area contributed by atoms with Crippen molar-refractivity contribution in [3.63, 3.8) is 0 Å². The largest absolute Gasteiger partial charge is 0.459 e. The molecule has 5 heteroatoms. The molecule has 0 spiro atoms. The van der Waals surface area contributed by atoms with Crippen molar-refractivity contribution in [1.82, 2.24) is 0 Å². The van der Waals surface area contributed by atoms with E-state index in [2.05, 4.69) is 37.2 Å². The second-order valence-corrected chi connectivity index (χ2v) is 6.65. The summed E-state index contributed by atoms with van der Waals surface area (Å²) in [5.74, 6) is 0.478. The number of anilines is 1. The zero-order valence-corrected chi connectivity index (χ0v) is 14.3. The summed E-state index contributed by atoms with van der Waals surface area (Å²) in [5.41, 5.74) is 1.26. The lowest BCUT2D eigenvalue weighted by molar-refractivity contribution is 0.524. The molecule has 2 nitrogen and oxygen atoms in total. The first kappa shape index (κ1) is 14.6. The van der Waals surface area contributed by atoms with Crippen molar-refractivity contribution in [2.75, 3.05) is 5.32 Å². The van der Waals surface area contributed by atoms with Crippen molar-refractivity contribution in [3.05, 3.63) is 63.0 Å². The highest BCUT2D eigenvalue weighted by Gasteiger charge is 2.13. The molecule has 0 fully saturated rings. The van der Waals surface area contributed by atoms with Crippen LogP contribution in [0.1, 0.15) is 18.7 Å². The predicted octanol–water partition coefficient (Wildman–Crippen LogP) is 6.27. The van der Waals surface area contributed by atoms with Crippen molar-refractivity contribution in [1.29, 1.82) is 0 Å². The highest BCUT2D eigenvalue weighted by atomic mass is 79.9. The van der Waals surface area contributed by atoms with Gasteiger partial charge in [0.15, 0.2) is 0 Å². The highest BCUT2D eigenvalue weighted by Crippen LogP contribution is 2.29. The van der Waals surface area contributed by atoms with Gasteiger partial charge in [-0.05, 0) is 49.4 Å². The van der Waals surface area contributed by atoms with Crippen molar-refractivity contribution < 1.29 is 8.81 Å². The number of halogens is 3. The van der Waals surface area contributed by atoms with Crippen LogP contribution in [0.15, 0.2) is 55.8 Å². The Labute approximate surface area is 138 Å². The van der Waals surface area contributed by atoms with Crippen LogP contribution in [0.4, 0.5) is 10.1 Å². The maximum Gasteiger partial charge on any atom is 0.146 e. The highest BCUT2D eigenvalue weighted by molar-refractivity contribution is 9.10. The Balaban J connectivity index is 1.89. The van der Waals surface area contributed by atoms with Gasteiger partial charge in [0.2, 0.25) is 0 Å². The molecular formula is C16H12Br2FNO. The zero-order chi connectivity index (χ0) is 15.0. The molecule has 1 heterocycles. The number of furan rings is 1. The lowest BCUT2D eigenvalue weighted by atomic mass is 10.2. The summed E-state index contributed by atoms with van der Waals surface area (Å²) in [4.78, 5) is 0. The smallest absolute Gasteiger partial charge is 0.146 e. The molecule has 3 rings (SSSR count). The molecule has 0 saturated carbocycles. The lowest BCUT2D eigenvalue weighted by Crippen LogP contribution is -2.06. The van der Waals surface area contributed by atoms with Crippen LogP contribution in [0.5, 0.6) is 0 Å². The van der Waals surface area contributed by atoms with Crippen molar-refractivity contribution in [3.8, 4) is 0 Å². The minimum Gasteiger partial charge on any atom is -0.459 e. The first-order valence-corrected chi connectivity index (χ1v) is 8.02. The van der Waals surface area contributed by atoms with Gasteiger partial charge in [-0.15, -0.1) is 0 Å². The second-order valence-electron chi connectivity index (χ2n) is 4.82. The van der Waals surface area contributed by atoms with E-state index in [1.807, 2.05) is 31.2 Å². The van der Waals surface area contributed by atoms with E-state index in [1.165, 1.54) is 6.07 Å². The average molecular weight is 413 g/mol. The summed E-state index contributed by atoms with van der Waals surface area (Å²) in [6.45, 7) is 1.94. The summed E-state index contributed by atoms with van der Waals surface area (Å²) >= 11 is 6.78. The van der Waals surface area contributed by atoms with Crippen molar-refractivity contribution >= 4 is 48.5 Å². The van der Waals surface area contributed by atoms with Crippen LogP contribution >= 0.6 is 31.9 Å². The molecule has 0 bridgehead atoms. The molecule has 108 valence electrons. The Morgan fingerprint density at radius 3 is 2.57 bits per heavy atom. The minimum absolute atomic E-state index is 0.139. The molecule has 3 aromatic rings. The zero-order valence-electron chi connectivity index (χ0n) is 11.2. The van der Waals surface area contributed by atoms with E-state index in [4.69, 9.17) is 4.42 Å². The number of rotatable bonds is 3. The van der Waals surface area contributed by atoms with Gasteiger partial charge in [-0.25, -0.2) is 4.39 Å². The van der Waals surface area contributed by atoms with E-state index in [1.54, 1.807) is 12.1 Å². The van der Waals surface area contributed by atoms with Crippen LogP contribution in [0.25, 0.3) is 11.0 Å². The van der Waals surface area contributed by atoms with Crippen molar-refractivity contribution in [2.45, 2.75) is 13.0 Å². The fourth-order valence-corrected chi connectivity index (χ4v) is 2.90. The molecule has 2 aromatic carbocycles. The first-order valence-electron chi connectivity index (χ1n) is 6.43. The Morgan fingerprint density at radius 1 is 1.05 bits per heavy atom. The third-order valence-corrected chi connectivity index (χ3v) is 4.21. The first-order chi connectivity index (χ1) is 10.0. The Hall–Kier alpha value is -1.33. The van der Waals surface area contributed by atoms with Gasteiger partial charge in [0, 0.05) is 14.3 Å². The Morgan fingerprint density at radius 2 is 1.76 bits per heavy atom. The standard InChI is InChI=1S/C16H12Br2FNO/c1-9(20-14-8-12(18)2-4-13(14)19)16-7-10-6-11(17)3-5-15(10)21-16/h2-9,20H,1H3. The van der Waals surface area contributed by atoms with Gasteiger partial charge in [-0.1, -0.05) is 31.9 Å². The number of fused-ring (bicyclic) bond motifs is 1. The van der Waals surface area contributed by atoms with Crippen LogP contribution in [0, 0.1) is 5.82 Å². The minimum atomic E-state index is -0.288. The molecule has 1 N–H and O–H groups in total. The molecule has 0 aliphatic carbocycles. The molecule has 0 saturated heterocycles. The monoisotopic (exact) mass is 411 g/mol. The van der Waals surface area contributed by atoms with Crippen LogP contribution in [0.2, 0.25) is 0 Å². The molecule has 0 aliphatic rings. The number of nitrogens with one attached hydrogen (secondary N) is 1. The maximum absolute atomic E-state index is 13.8. The Kier molecular flexibility index (Phi) is 4.04. The summed E-state index contributed by atoms with van der Waals surface area (Å²) in [6.07, 6.45) is 0. The third kappa shape index (κ3) is 3.14. The van der Waals surface area contributed by atoms with E-state index in [0.717, 1.165) is 25.7 Å². The van der Waals surface area contributed by atoms with Crippen LogP contribution < -0.4 is 5.32 Å². The predicted molar refractivity (Wildman–Crippen MR) is 90.1 cm³/mol. The normalized spacial score (nSPS) is 12.6. The summed E-state index contributed by atoms with van der Waals surface area (Å²) < 4.78 is 21.4. The molecule has 21 heavy (non-hydrogen) atoms. The quantitative estimate of drug-likeness (QED) is 0.548. The van der Waals surface area contributed by atoms with E-state index >= 15 is 0 Å². The maximum atomic E-state index is 13.8. The molecule has 0 aliphatic heterocycles. The van der Waals surface area contributed by atoms with E-state index < -0.39 is 0 Å². The molecule has 1 unspecified atom stereocenters. The van der Waals surface area contributed by atoms with E-state index in [9.17, 15) is 4.39 Å². The fourth-order valence-electron chi connectivity index (χ4n) is 2.16. The van der Waals surface area contributed by atoms with Gasteiger partial charge < -0.3 is 9.73 Å². The van der Waals surface area contributed by atoms with Gasteiger partial charge in [0.1, 0.15) is 17.2 Å². The van der Waals surface area contributed by atoms with Gasteiger partial charge in [-0.2, -0.15) is 0 Å². The van der Waals surface area contributed by atoms with Crippen molar-refractivity contribution in [2.24, 2.45) is 0 Å². The summed E-state index contributed by atoms with van der Waals surface area (Å²) in [7, 11) is 0.